The number of nitriles is 1. The Morgan fingerprint density at radius 3 is 2.84 bits per heavy atom. The van der Waals surface area contributed by atoms with E-state index in [0.717, 1.165) is 21.3 Å². The molecule has 0 saturated carbocycles. The average Bonchev–Trinajstić information content (AvgIpc) is 2.40. The summed E-state index contributed by atoms with van der Waals surface area (Å²) in [4.78, 5) is 0. The molecule has 0 aliphatic heterocycles. The quantitative estimate of drug-likeness (QED) is 0.911. The van der Waals surface area contributed by atoms with Gasteiger partial charge in [0.15, 0.2) is 0 Å². The number of nitrogens with one attached hydrogen (secondary N) is 1. The SMILES string of the molecule is Cc1c(Br)cccc1NCc1cc(F)cc(C#N)c1. The summed E-state index contributed by atoms with van der Waals surface area (Å²) >= 11 is 3.46. The fourth-order valence-corrected chi connectivity index (χ4v) is 2.18. The van der Waals surface area contributed by atoms with Gasteiger partial charge in [0.1, 0.15) is 5.82 Å². The first-order valence-electron chi connectivity index (χ1n) is 5.78. The third-order valence-electron chi connectivity index (χ3n) is 2.84. The first-order chi connectivity index (χ1) is 9.10. The van der Waals surface area contributed by atoms with Crippen LogP contribution in [0.25, 0.3) is 0 Å². The summed E-state index contributed by atoms with van der Waals surface area (Å²) in [5.74, 6) is -0.387. The Labute approximate surface area is 120 Å². The molecule has 2 nitrogen and oxygen atoms in total. The number of benzene rings is 2. The molecule has 4 heteroatoms. The highest BCUT2D eigenvalue weighted by atomic mass is 79.9. The van der Waals surface area contributed by atoms with Crippen molar-refractivity contribution in [3.05, 3.63) is 63.4 Å². The smallest absolute Gasteiger partial charge is 0.124 e. The van der Waals surface area contributed by atoms with Crippen molar-refractivity contribution in [3.8, 4) is 6.07 Å². The summed E-state index contributed by atoms with van der Waals surface area (Å²) in [7, 11) is 0. The molecule has 0 saturated heterocycles. The maximum absolute atomic E-state index is 13.3. The summed E-state index contributed by atoms with van der Waals surface area (Å²) in [6, 6.07) is 12.2. The zero-order chi connectivity index (χ0) is 13.8. The molecule has 2 rings (SSSR count). The monoisotopic (exact) mass is 318 g/mol. The van der Waals surface area contributed by atoms with Crippen molar-refractivity contribution in [2.45, 2.75) is 13.5 Å². The molecule has 0 amide bonds. The Bertz CT molecular complexity index is 647. The molecule has 2 aromatic carbocycles. The molecule has 1 N–H and O–H groups in total. The second-order valence-electron chi connectivity index (χ2n) is 4.23. The van der Waals surface area contributed by atoms with E-state index in [9.17, 15) is 4.39 Å². The fourth-order valence-electron chi connectivity index (χ4n) is 1.81. The zero-order valence-electron chi connectivity index (χ0n) is 10.4. The lowest BCUT2D eigenvalue weighted by Crippen LogP contribution is -2.02. The third-order valence-corrected chi connectivity index (χ3v) is 3.70. The van der Waals surface area contributed by atoms with Gasteiger partial charge in [-0.05, 0) is 48.4 Å². The van der Waals surface area contributed by atoms with E-state index in [4.69, 9.17) is 5.26 Å². The van der Waals surface area contributed by atoms with Crippen LogP contribution in [0.2, 0.25) is 0 Å². The van der Waals surface area contributed by atoms with Gasteiger partial charge in [-0.25, -0.2) is 4.39 Å². The van der Waals surface area contributed by atoms with Crippen molar-refractivity contribution in [2.75, 3.05) is 5.32 Å². The number of anilines is 1. The second-order valence-corrected chi connectivity index (χ2v) is 5.08. The van der Waals surface area contributed by atoms with E-state index in [1.54, 1.807) is 6.07 Å². The Kier molecular flexibility index (Phi) is 4.18. The van der Waals surface area contributed by atoms with Crippen LogP contribution in [-0.4, -0.2) is 0 Å². The topological polar surface area (TPSA) is 35.8 Å². The molecule has 0 bridgehead atoms. The summed E-state index contributed by atoms with van der Waals surface area (Å²) in [5.41, 5.74) is 3.16. The molecule has 96 valence electrons. The van der Waals surface area contributed by atoms with Gasteiger partial charge < -0.3 is 5.32 Å². The molecule has 0 aliphatic rings. The number of hydrogen-bond acceptors (Lipinski definition) is 2. The van der Waals surface area contributed by atoms with E-state index in [-0.39, 0.29) is 5.82 Å². The molecule has 0 unspecified atom stereocenters. The number of halogens is 2. The maximum atomic E-state index is 13.3. The average molecular weight is 319 g/mol. The van der Waals surface area contributed by atoms with Gasteiger partial charge in [0.25, 0.3) is 0 Å². The summed E-state index contributed by atoms with van der Waals surface area (Å²) in [6.07, 6.45) is 0. The predicted octanol–water partition coefficient (Wildman–Crippen LogP) is 4.38. The Hall–Kier alpha value is -1.86. The number of hydrogen-bond donors (Lipinski definition) is 1. The minimum absolute atomic E-state index is 0.336. The van der Waals surface area contributed by atoms with Crippen molar-refractivity contribution in [2.24, 2.45) is 0 Å². The van der Waals surface area contributed by atoms with E-state index >= 15 is 0 Å². The van der Waals surface area contributed by atoms with E-state index in [1.807, 2.05) is 31.2 Å². The van der Waals surface area contributed by atoms with Crippen molar-refractivity contribution < 1.29 is 4.39 Å². The molecular formula is C15H12BrFN2. The van der Waals surface area contributed by atoms with Crippen LogP contribution in [0.4, 0.5) is 10.1 Å². The van der Waals surface area contributed by atoms with Gasteiger partial charge in [0.2, 0.25) is 0 Å². The molecule has 0 atom stereocenters. The van der Waals surface area contributed by atoms with Crippen molar-refractivity contribution in [3.63, 3.8) is 0 Å². The van der Waals surface area contributed by atoms with Crippen LogP contribution >= 0.6 is 15.9 Å². The molecular weight excluding hydrogens is 307 g/mol. The van der Waals surface area contributed by atoms with Gasteiger partial charge in [-0.3, -0.25) is 0 Å². The van der Waals surface area contributed by atoms with Gasteiger partial charge >= 0.3 is 0 Å². The van der Waals surface area contributed by atoms with E-state index < -0.39 is 0 Å². The van der Waals surface area contributed by atoms with E-state index in [0.29, 0.717) is 12.1 Å². The third kappa shape index (κ3) is 3.33. The van der Waals surface area contributed by atoms with E-state index in [1.165, 1.54) is 12.1 Å². The maximum Gasteiger partial charge on any atom is 0.124 e. The van der Waals surface area contributed by atoms with Crippen LogP contribution < -0.4 is 5.32 Å². The summed E-state index contributed by atoms with van der Waals surface area (Å²) in [5, 5.41) is 12.1. The van der Waals surface area contributed by atoms with Crippen molar-refractivity contribution in [1.29, 1.82) is 5.26 Å². The van der Waals surface area contributed by atoms with Gasteiger partial charge in [0, 0.05) is 16.7 Å². The van der Waals surface area contributed by atoms with Gasteiger partial charge in [-0.2, -0.15) is 5.26 Å². The van der Waals surface area contributed by atoms with Gasteiger partial charge in [-0.15, -0.1) is 0 Å². The Balaban J connectivity index is 2.17. The van der Waals surface area contributed by atoms with Crippen LogP contribution in [0.5, 0.6) is 0 Å². The number of rotatable bonds is 3. The predicted molar refractivity (Wildman–Crippen MR) is 77.3 cm³/mol. The lowest BCUT2D eigenvalue weighted by molar-refractivity contribution is 0.625. The lowest BCUT2D eigenvalue weighted by atomic mass is 10.1. The normalized spacial score (nSPS) is 10.0. The highest BCUT2D eigenvalue weighted by Crippen LogP contribution is 2.24. The van der Waals surface area contributed by atoms with E-state index in [2.05, 4.69) is 21.2 Å². The molecule has 0 fully saturated rings. The molecule has 19 heavy (non-hydrogen) atoms. The largest absolute Gasteiger partial charge is 0.381 e. The summed E-state index contributed by atoms with van der Waals surface area (Å²) < 4.78 is 14.3. The van der Waals surface area contributed by atoms with Crippen LogP contribution in [-0.2, 0) is 6.54 Å². The molecule has 2 aromatic rings. The van der Waals surface area contributed by atoms with Crippen LogP contribution in [0.15, 0.2) is 40.9 Å². The highest BCUT2D eigenvalue weighted by molar-refractivity contribution is 9.10. The van der Waals surface area contributed by atoms with Crippen LogP contribution in [0.3, 0.4) is 0 Å². The van der Waals surface area contributed by atoms with Crippen LogP contribution in [0, 0.1) is 24.1 Å². The Morgan fingerprint density at radius 1 is 1.32 bits per heavy atom. The van der Waals surface area contributed by atoms with Gasteiger partial charge in [0.05, 0.1) is 11.6 Å². The van der Waals surface area contributed by atoms with Crippen LogP contribution in [0.1, 0.15) is 16.7 Å². The minimum atomic E-state index is -0.387. The standard InChI is InChI=1S/C15H12BrFN2/c1-10-14(16)3-2-4-15(10)19-9-12-5-11(8-18)6-13(17)7-12/h2-7,19H,9H2,1H3. The Morgan fingerprint density at radius 2 is 2.11 bits per heavy atom. The molecule has 0 spiro atoms. The number of nitrogens with zero attached hydrogens (tertiary/aromatic N) is 1. The molecule has 0 radical (unpaired) electrons. The molecule has 0 aromatic heterocycles. The fraction of sp³-hybridized carbons (Fsp3) is 0.133. The summed E-state index contributed by atoms with van der Waals surface area (Å²) in [6.45, 7) is 2.47. The van der Waals surface area contributed by atoms with Gasteiger partial charge in [-0.1, -0.05) is 22.0 Å². The molecule has 0 heterocycles. The van der Waals surface area contributed by atoms with Crippen molar-refractivity contribution >= 4 is 21.6 Å². The first kappa shape index (κ1) is 13.6. The first-order valence-corrected chi connectivity index (χ1v) is 6.58. The molecule has 0 aliphatic carbocycles. The second kappa shape index (κ2) is 5.85. The zero-order valence-corrected chi connectivity index (χ0v) is 12.0. The lowest BCUT2D eigenvalue weighted by Gasteiger charge is -2.11. The minimum Gasteiger partial charge on any atom is -0.381 e. The highest BCUT2D eigenvalue weighted by Gasteiger charge is 2.03. The van der Waals surface area contributed by atoms with Crippen molar-refractivity contribution in [1.82, 2.24) is 0 Å².